The lowest BCUT2D eigenvalue weighted by Crippen LogP contribution is -1.91. The van der Waals surface area contributed by atoms with E-state index in [1.807, 2.05) is 0 Å². The standard InChI is InChI=1S/C15H12F2N2O/c16-10-4-1-9(2-5-10)3-6-14-19-13-8-11(17)7-12(18)15(13)20-14/h1-2,4-5,7-8H,3,6,18H2. The van der Waals surface area contributed by atoms with Crippen molar-refractivity contribution >= 4 is 16.8 Å². The van der Waals surface area contributed by atoms with Crippen molar-refractivity contribution in [3.05, 3.63) is 59.5 Å². The predicted octanol–water partition coefficient (Wildman–Crippen LogP) is 3.47. The van der Waals surface area contributed by atoms with Crippen molar-refractivity contribution in [1.82, 2.24) is 4.98 Å². The predicted molar refractivity (Wildman–Crippen MR) is 72.2 cm³/mol. The quantitative estimate of drug-likeness (QED) is 0.744. The second-order valence-corrected chi connectivity index (χ2v) is 4.58. The molecule has 1 aromatic heterocycles. The summed E-state index contributed by atoms with van der Waals surface area (Å²) >= 11 is 0. The maximum absolute atomic E-state index is 13.2. The molecule has 20 heavy (non-hydrogen) atoms. The Hall–Kier alpha value is -2.43. The van der Waals surface area contributed by atoms with Crippen LogP contribution in [0.3, 0.4) is 0 Å². The van der Waals surface area contributed by atoms with Crippen molar-refractivity contribution in [2.45, 2.75) is 12.8 Å². The van der Waals surface area contributed by atoms with E-state index in [4.69, 9.17) is 10.2 Å². The van der Waals surface area contributed by atoms with Crippen molar-refractivity contribution in [3.63, 3.8) is 0 Å². The summed E-state index contributed by atoms with van der Waals surface area (Å²) in [6.45, 7) is 0. The van der Waals surface area contributed by atoms with Gasteiger partial charge in [-0.3, -0.25) is 0 Å². The second-order valence-electron chi connectivity index (χ2n) is 4.58. The zero-order valence-corrected chi connectivity index (χ0v) is 10.6. The van der Waals surface area contributed by atoms with E-state index in [1.54, 1.807) is 12.1 Å². The van der Waals surface area contributed by atoms with Crippen LogP contribution in [0.15, 0.2) is 40.8 Å². The summed E-state index contributed by atoms with van der Waals surface area (Å²) in [4.78, 5) is 4.21. The van der Waals surface area contributed by atoms with E-state index in [-0.39, 0.29) is 11.5 Å². The highest BCUT2D eigenvalue weighted by Gasteiger charge is 2.10. The van der Waals surface area contributed by atoms with E-state index < -0.39 is 5.82 Å². The van der Waals surface area contributed by atoms with Crippen molar-refractivity contribution in [1.29, 1.82) is 0 Å². The van der Waals surface area contributed by atoms with Crippen LogP contribution in [0.1, 0.15) is 11.5 Å². The zero-order chi connectivity index (χ0) is 14.1. The summed E-state index contributed by atoms with van der Waals surface area (Å²) < 4.78 is 31.5. The highest BCUT2D eigenvalue weighted by atomic mass is 19.1. The Kier molecular flexibility index (Phi) is 3.10. The Balaban J connectivity index is 1.81. The Morgan fingerprint density at radius 1 is 1.00 bits per heavy atom. The smallest absolute Gasteiger partial charge is 0.195 e. The molecule has 2 N–H and O–H groups in total. The molecular weight excluding hydrogens is 262 g/mol. The summed E-state index contributed by atoms with van der Waals surface area (Å²) in [7, 11) is 0. The number of hydrogen-bond donors (Lipinski definition) is 1. The van der Waals surface area contributed by atoms with Crippen LogP contribution in [0.5, 0.6) is 0 Å². The summed E-state index contributed by atoms with van der Waals surface area (Å²) in [5.41, 5.74) is 7.71. The average molecular weight is 274 g/mol. The minimum absolute atomic E-state index is 0.237. The first-order valence-electron chi connectivity index (χ1n) is 6.21. The number of nitrogens with two attached hydrogens (primary N) is 1. The van der Waals surface area contributed by atoms with E-state index in [9.17, 15) is 8.78 Å². The van der Waals surface area contributed by atoms with Crippen molar-refractivity contribution in [3.8, 4) is 0 Å². The summed E-state index contributed by atoms with van der Waals surface area (Å²) in [6, 6.07) is 8.75. The molecule has 0 fully saturated rings. The molecule has 5 heteroatoms. The van der Waals surface area contributed by atoms with E-state index in [2.05, 4.69) is 4.98 Å². The third-order valence-electron chi connectivity index (χ3n) is 3.07. The lowest BCUT2D eigenvalue weighted by atomic mass is 10.1. The number of nitrogens with zero attached hydrogens (tertiary/aromatic N) is 1. The highest BCUT2D eigenvalue weighted by Crippen LogP contribution is 2.24. The number of aromatic nitrogens is 1. The minimum atomic E-state index is -0.437. The maximum Gasteiger partial charge on any atom is 0.195 e. The van der Waals surface area contributed by atoms with Crippen molar-refractivity contribution in [2.75, 3.05) is 5.73 Å². The molecule has 102 valence electrons. The van der Waals surface area contributed by atoms with Gasteiger partial charge in [-0.1, -0.05) is 12.1 Å². The Morgan fingerprint density at radius 3 is 2.50 bits per heavy atom. The van der Waals surface area contributed by atoms with E-state index >= 15 is 0 Å². The number of fused-ring (bicyclic) bond motifs is 1. The van der Waals surface area contributed by atoms with Gasteiger partial charge in [0.2, 0.25) is 0 Å². The van der Waals surface area contributed by atoms with Crippen molar-refractivity contribution in [2.24, 2.45) is 0 Å². The SMILES string of the molecule is Nc1cc(F)cc2nc(CCc3ccc(F)cc3)oc12. The summed E-state index contributed by atoms with van der Waals surface area (Å²) in [6.07, 6.45) is 1.21. The van der Waals surface area contributed by atoms with Gasteiger partial charge >= 0.3 is 0 Å². The molecule has 1 heterocycles. The third-order valence-corrected chi connectivity index (χ3v) is 3.07. The van der Waals surface area contributed by atoms with Crippen LogP contribution in [-0.4, -0.2) is 4.98 Å². The largest absolute Gasteiger partial charge is 0.439 e. The number of anilines is 1. The van der Waals surface area contributed by atoms with Gasteiger partial charge in [-0.2, -0.15) is 0 Å². The first-order valence-corrected chi connectivity index (χ1v) is 6.21. The van der Waals surface area contributed by atoms with E-state index in [0.717, 1.165) is 5.56 Å². The van der Waals surface area contributed by atoms with Crippen LogP contribution >= 0.6 is 0 Å². The van der Waals surface area contributed by atoms with Gasteiger partial charge in [-0.05, 0) is 24.1 Å². The number of hydrogen-bond acceptors (Lipinski definition) is 3. The van der Waals surface area contributed by atoms with Crippen LogP contribution in [0, 0.1) is 11.6 Å². The number of aryl methyl sites for hydroxylation is 2. The van der Waals surface area contributed by atoms with Gasteiger partial charge in [0.15, 0.2) is 11.5 Å². The summed E-state index contributed by atoms with van der Waals surface area (Å²) in [5.74, 6) is -0.214. The molecule has 3 nitrogen and oxygen atoms in total. The fourth-order valence-corrected chi connectivity index (χ4v) is 2.08. The lowest BCUT2D eigenvalue weighted by Gasteiger charge is -1.98. The highest BCUT2D eigenvalue weighted by molar-refractivity contribution is 5.84. The number of nitrogen functional groups attached to an aromatic ring is 1. The van der Waals surface area contributed by atoms with Gasteiger partial charge < -0.3 is 10.2 Å². The number of halogens is 2. The Morgan fingerprint density at radius 2 is 1.75 bits per heavy atom. The molecule has 0 saturated carbocycles. The molecular formula is C15H12F2N2O. The van der Waals surface area contributed by atoms with Gasteiger partial charge in [0, 0.05) is 18.6 Å². The first kappa shape index (κ1) is 12.6. The van der Waals surface area contributed by atoms with Gasteiger partial charge in [0.05, 0.1) is 5.69 Å². The van der Waals surface area contributed by atoms with Crippen molar-refractivity contribution < 1.29 is 13.2 Å². The van der Waals surface area contributed by atoms with Gasteiger partial charge in [0.1, 0.15) is 17.2 Å². The molecule has 0 aliphatic rings. The van der Waals surface area contributed by atoms with Crippen LogP contribution in [-0.2, 0) is 12.8 Å². The normalized spacial score (nSPS) is 11.1. The molecule has 0 radical (unpaired) electrons. The molecule has 0 bridgehead atoms. The van der Waals surface area contributed by atoms with Gasteiger partial charge in [-0.15, -0.1) is 0 Å². The third kappa shape index (κ3) is 2.47. The molecule has 2 aromatic carbocycles. The lowest BCUT2D eigenvalue weighted by molar-refractivity contribution is 0.528. The topological polar surface area (TPSA) is 52.0 Å². The molecule has 0 aliphatic carbocycles. The second kappa shape index (κ2) is 4.92. The molecule has 0 aliphatic heterocycles. The number of rotatable bonds is 3. The number of oxazole rings is 1. The van der Waals surface area contributed by atoms with Crippen LogP contribution in [0.4, 0.5) is 14.5 Å². The average Bonchev–Trinajstić information content (AvgIpc) is 2.81. The van der Waals surface area contributed by atoms with E-state index in [1.165, 1.54) is 24.3 Å². The van der Waals surface area contributed by atoms with Gasteiger partial charge in [0.25, 0.3) is 0 Å². The maximum atomic E-state index is 13.2. The molecule has 0 amide bonds. The monoisotopic (exact) mass is 274 g/mol. The van der Waals surface area contributed by atoms with E-state index in [0.29, 0.717) is 29.8 Å². The fraction of sp³-hybridized carbons (Fsp3) is 0.133. The molecule has 0 atom stereocenters. The fourth-order valence-electron chi connectivity index (χ4n) is 2.08. The number of benzene rings is 2. The Labute approximate surface area is 114 Å². The molecule has 3 aromatic rings. The molecule has 0 spiro atoms. The zero-order valence-electron chi connectivity index (χ0n) is 10.6. The first-order chi connectivity index (χ1) is 9.61. The van der Waals surface area contributed by atoms with Gasteiger partial charge in [-0.25, -0.2) is 13.8 Å². The molecule has 0 unspecified atom stereocenters. The van der Waals surface area contributed by atoms with Crippen LogP contribution < -0.4 is 5.73 Å². The summed E-state index contributed by atoms with van der Waals surface area (Å²) in [5, 5.41) is 0. The minimum Gasteiger partial charge on any atom is -0.439 e. The van der Waals surface area contributed by atoms with Crippen LogP contribution in [0.25, 0.3) is 11.1 Å². The molecule has 3 rings (SSSR count). The molecule has 0 saturated heterocycles. The van der Waals surface area contributed by atoms with Crippen LogP contribution in [0.2, 0.25) is 0 Å². The Bertz CT molecular complexity index is 750.